The van der Waals surface area contributed by atoms with E-state index in [1.807, 2.05) is 0 Å². The fraction of sp³-hybridized carbons (Fsp3) is 0.0870. The number of rotatable bonds is 2. The lowest BCUT2D eigenvalue weighted by Gasteiger charge is -2.05. The number of fused-ring (bicyclic) bond motifs is 3. The van der Waals surface area contributed by atoms with Gasteiger partial charge in [-0.1, -0.05) is 60.7 Å². The molecule has 1 aliphatic heterocycles. The predicted molar refractivity (Wildman–Crippen MR) is 103 cm³/mol. The highest BCUT2D eigenvalue weighted by Crippen LogP contribution is 2.44. The minimum absolute atomic E-state index is 0.689. The van der Waals surface area contributed by atoms with E-state index in [1.165, 1.54) is 33.4 Å². The summed E-state index contributed by atoms with van der Waals surface area (Å²) in [5, 5.41) is 0. The third kappa shape index (κ3) is 2.38. The van der Waals surface area contributed by atoms with Crippen molar-refractivity contribution >= 4 is 17.5 Å². The largest absolute Gasteiger partial charge is 0.476 e. The second-order valence-corrected chi connectivity index (χ2v) is 6.31. The Kier molecular flexibility index (Phi) is 3.27. The Bertz CT molecular complexity index is 965. The van der Waals surface area contributed by atoms with E-state index in [0.29, 0.717) is 6.61 Å². The molecule has 2 heteroatoms. The van der Waals surface area contributed by atoms with Gasteiger partial charge in [0.05, 0.1) is 6.54 Å². The minimum atomic E-state index is 0.689. The molecule has 1 heterocycles. The highest BCUT2D eigenvalue weighted by atomic mass is 16.5. The fourth-order valence-corrected chi connectivity index (χ4v) is 3.60. The van der Waals surface area contributed by atoms with E-state index in [4.69, 9.17) is 4.74 Å². The average Bonchev–Trinajstić information content (AvgIpc) is 3.31. The van der Waals surface area contributed by atoms with Crippen LogP contribution in [-0.4, -0.2) is 19.0 Å². The van der Waals surface area contributed by atoms with Gasteiger partial charge in [-0.05, 0) is 51.6 Å². The lowest BCUT2D eigenvalue weighted by atomic mass is 10.0. The smallest absolute Gasteiger partial charge is 0.216 e. The van der Waals surface area contributed by atoms with Crippen LogP contribution in [0.2, 0.25) is 0 Å². The normalized spacial score (nSPS) is 14.6. The fourth-order valence-electron chi connectivity index (χ4n) is 3.60. The quantitative estimate of drug-likeness (QED) is 0.507. The molecule has 0 amide bonds. The molecule has 0 saturated carbocycles. The van der Waals surface area contributed by atoms with Crippen LogP contribution in [0.5, 0.6) is 0 Å². The Balaban J connectivity index is 1.58. The van der Waals surface area contributed by atoms with Crippen LogP contribution in [0, 0.1) is 0 Å². The van der Waals surface area contributed by atoms with Gasteiger partial charge in [-0.2, -0.15) is 0 Å². The Morgan fingerprint density at radius 2 is 1.32 bits per heavy atom. The molecule has 0 fully saturated rings. The first-order chi connectivity index (χ1) is 12.4. The maximum atomic E-state index is 5.54. The highest BCUT2D eigenvalue weighted by molar-refractivity contribution is 6.06. The molecule has 2 aliphatic rings. The summed E-state index contributed by atoms with van der Waals surface area (Å²) < 4.78 is 5.54. The summed E-state index contributed by atoms with van der Waals surface area (Å²) in [7, 11) is 0. The maximum Gasteiger partial charge on any atom is 0.216 e. The lowest BCUT2D eigenvalue weighted by Crippen LogP contribution is -2.00. The molecule has 0 aromatic heterocycles. The molecular weight excluding hydrogens is 306 g/mol. The van der Waals surface area contributed by atoms with Gasteiger partial charge in [0.25, 0.3) is 0 Å². The molecule has 5 rings (SSSR count). The zero-order valence-corrected chi connectivity index (χ0v) is 13.8. The van der Waals surface area contributed by atoms with Crippen molar-refractivity contribution in [3.05, 3.63) is 95.1 Å². The summed E-state index contributed by atoms with van der Waals surface area (Å²) in [6.45, 7) is 1.45. The average molecular weight is 323 g/mol. The van der Waals surface area contributed by atoms with Gasteiger partial charge in [0.2, 0.25) is 5.90 Å². The number of hydrogen-bond donors (Lipinski definition) is 0. The molecule has 25 heavy (non-hydrogen) atoms. The standard InChI is InChI=1S/C23H17NO/c1-3-7-20-18(5-1)19-6-2-4-8-21(19)22(20)15-16-9-11-17(12-10-16)23-24-13-14-25-23/h1-12,15H,13-14H2. The first-order valence-electron chi connectivity index (χ1n) is 8.59. The van der Waals surface area contributed by atoms with Gasteiger partial charge < -0.3 is 4.74 Å². The van der Waals surface area contributed by atoms with Gasteiger partial charge in [0.15, 0.2) is 0 Å². The van der Waals surface area contributed by atoms with Crippen molar-refractivity contribution in [2.24, 2.45) is 4.99 Å². The number of benzene rings is 3. The molecule has 0 spiro atoms. The molecule has 3 aromatic rings. The van der Waals surface area contributed by atoms with Gasteiger partial charge >= 0.3 is 0 Å². The number of nitrogens with zero attached hydrogens (tertiary/aromatic N) is 1. The van der Waals surface area contributed by atoms with Gasteiger partial charge in [-0.25, -0.2) is 4.99 Å². The Labute approximate surface area is 147 Å². The van der Waals surface area contributed by atoms with E-state index in [-0.39, 0.29) is 0 Å². The van der Waals surface area contributed by atoms with E-state index in [9.17, 15) is 0 Å². The van der Waals surface area contributed by atoms with Gasteiger partial charge in [-0.3, -0.25) is 0 Å². The van der Waals surface area contributed by atoms with Crippen LogP contribution in [0.4, 0.5) is 0 Å². The van der Waals surface area contributed by atoms with Crippen molar-refractivity contribution in [3.63, 3.8) is 0 Å². The molecule has 0 radical (unpaired) electrons. The van der Waals surface area contributed by atoms with E-state index >= 15 is 0 Å². The Morgan fingerprint density at radius 3 is 1.88 bits per heavy atom. The van der Waals surface area contributed by atoms with Crippen molar-refractivity contribution in [1.29, 1.82) is 0 Å². The third-order valence-electron chi connectivity index (χ3n) is 4.78. The molecule has 1 aliphatic carbocycles. The second-order valence-electron chi connectivity index (χ2n) is 6.31. The molecular formula is C23H17NO. The van der Waals surface area contributed by atoms with Gasteiger partial charge in [-0.15, -0.1) is 0 Å². The highest BCUT2D eigenvalue weighted by Gasteiger charge is 2.22. The summed E-state index contributed by atoms with van der Waals surface area (Å²) in [6.07, 6.45) is 2.27. The Morgan fingerprint density at radius 1 is 0.720 bits per heavy atom. The molecule has 0 saturated heterocycles. The maximum absolute atomic E-state index is 5.54. The third-order valence-corrected chi connectivity index (χ3v) is 4.78. The first kappa shape index (κ1) is 14.2. The Hall–Kier alpha value is -3.13. The van der Waals surface area contributed by atoms with Crippen LogP contribution >= 0.6 is 0 Å². The van der Waals surface area contributed by atoms with Crippen LogP contribution in [0.3, 0.4) is 0 Å². The van der Waals surface area contributed by atoms with E-state index in [0.717, 1.165) is 18.0 Å². The molecule has 0 unspecified atom stereocenters. The van der Waals surface area contributed by atoms with Crippen LogP contribution < -0.4 is 0 Å². The molecule has 0 atom stereocenters. The zero-order valence-electron chi connectivity index (χ0n) is 13.8. The molecule has 0 N–H and O–H groups in total. The molecule has 3 aromatic carbocycles. The van der Waals surface area contributed by atoms with E-state index < -0.39 is 0 Å². The van der Waals surface area contributed by atoms with Gasteiger partial charge in [0.1, 0.15) is 6.61 Å². The summed E-state index contributed by atoms with van der Waals surface area (Å²) in [5.74, 6) is 0.760. The van der Waals surface area contributed by atoms with Crippen molar-refractivity contribution in [3.8, 4) is 11.1 Å². The number of ether oxygens (including phenoxy) is 1. The zero-order chi connectivity index (χ0) is 16.6. The number of aliphatic imine (C=N–C) groups is 1. The van der Waals surface area contributed by atoms with Crippen molar-refractivity contribution in [2.45, 2.75) is 0 Å². The van der Waals surface area contributed by atoms with Crippen molar-refractivity contribution in [1.82, 2.24) is 0 Å². The summed E-state index contributed by atoms with van der Waals surface area (Å²) >= 11 is 0. The molecule has 120 valence electrons. The van der Waals surface area contributed by atoms with Crippen LogP contribution in [0.25, 0.3) is 22.8 Å². The second kappa shape index (κ2) is 5.75. The summed E-state index contributed by atoms with van der Waals surface area (Å²) in [4.78, 5) is 4.38. The van der Waals surface area contributed by atoms with Crippen LogP contribution in [0.15, 0.2) is 77.8 Å². The molecule has 0 bridgehead atoms. The summed E-state index contributed by atoms with van der Waals surface area (Å²) in [5.41, 5.74) is 8.75. The van der Waals surface area contributed by atoms with Crippen LogP contribution in [-0.2, 0) is 4.74 Å². The molecule has 2 nitrogen and oxygen atoms in total. The van der Waals surface area contributed by atoms with E-state index in [1.54, 1.807) is 0 Å². The SMILES string of the molecule is C(=C1c2ccccc2-c2ccccc21)c1ccc(C2=NCCO2)cc1. The van der Waals surface area contributed by atoms with Crippen molar-refractivity contribution in [2.75, 3.05) is 13.2 Å². The predicted octanol–water partition coefficient (Wildman–Crippen LogP) is 5.03. The van der Waals surface area contributed by atoms with Crippen molar-refractivity contribution < 1.29 is 4.74 Å². The van der Waals surface area contributed by atoms with Crippen LogP contribution in [0.1, 0.15) is 22.3 Å². The lowest BCUT2D eigenvalue weighted by molar-refractivity contribution is 0.348. The minimum Gasteiger partial charge on any atom is -0.476 e. The first-order valence-corrected chi connectivity index (χ1v) is 8.59. The topological polar surface area (TPSA) is 21.6 Å². The summed E-state index contributed by atoms with van der Waals surface area (Å²) in [6, 6.07) is 25.7. The number of hydrogen-bond acceptors (Lipinski definition) is 2. The van der Waals surface area contributed by atoms with E-state index in [2.05, 4.69) is 83.9 Å². The monoisotopic (exact) mass is 323 g/mol. The van der Waals surface area contributed by atoms with Gasteiger partial charge in [0, 0.05) is 5.56 Å².